The fourth-order valence-corrected chi connectivity index (χ4v) is 4.79. The molecule has 0 spiro atoms. The molecule has 172 valence electrons. The first-order valence-corrected chi connectivity index (χ1v) is 13.5. The minimum atomic E-state index is -3.66. The summed E-state index contributed by atoms with van der Waals surface area (Å²) in [5.74, 6) is -1.17. The molecule has 12 heteroatoms. The van der Waals surface area contributed by atoms with Crippen LogP contribution in [0.4, 0.5) is 6.01 Å². The van der Waals surface area contributed by atoms with Gasteiger partial charge in [-0.15, -0.1) is 5.10 Å². The van der Waals surface area contributed by atoms with E-state index in [-0.39, 0.29) is 22.4 Å². The Bertz CT molecular complexity index is 1070. The van der Waals surface area contributed by atoms with Crippen LogP contribution >= 0.6 is 0 Å². The Kier molecular flexibility index (Phi) is 8.71. The summed E-state index contributed by atoms with van der Waals surface area (Å²) >= 11 is 0. The van der Waals surface area contributed by atoms with Gasteiger partial charge in [0.2, 0.25) is 15.9 Å². The molecule has 10 nitrogen and oxygen atoms in total. The van der Waals surface area contributed by atoms with Crippen LogP contribution in [0.3, 0.4) is 0 Å². The number of rotatable bonds is 12. The second-order valence-corrected chi connectivity index (χ2v) is 11.2. The molecule has 2 aromatic rings. The number of benzene rings is 1. The average Bonchev–Trinajstić information content (AvgIpc) is 3.12. The molecule has 0 aliphatic carbocycles. The lowest BCUT2D eigenvalue weighted by atomic mass is 10.2. The molecular formula is C19H28N4O6S2. The van der Waals surface area contributed by atoms with Crippen LogP contribution in [0.5, 0.6) is 0 Å². The van der Waals surface area contributed by atoms with E-state index in [1.165, 1.54) is 28.6 Å². The van der Waals surface area contributed by atoms with Gasteiger partial charge in [-0.3, -0.25) is 10.1 Å². The molecule has 0 radical (unpaired) electrons. The maximum Gasteiger partial charge on any atom is 0.322 e. The lowest BCUT2D eigenvalue weighted by molar-refractivity contribution is 0.102. The van der Waals surface area contributed by atoms with Gasteiger partial charge in [0.05, 0.1) is 4.90 Å². The van der Waals surface area contributed by atoms with Gasteiger partial charge in [0.25, 0.3) is 5.91 Å². The summed E-state index contributed by atoms with van der Waals surface area (Å²) in [5.41, 5.74) is 0.190. The van der Waals surface area contributed by atoms with Crippen molar-refractivity contribution in [3.63, 3.8) is 0 Å². The van der Waals surface area contributed by atoms with Crippen molar-refractivity contribution in [2.75, 3.05) is 24.7 Å². The zero-order chi connectivity index (χ0) is 23.1. The number of hydrogen-bond acceptors (Lipinski definition) is 8. The quantitative estimate of drug-likeness (QED) is 0.497. The van der Waals surface area contributed by atoms with E-state index in [1.807, 2.05) is 13.8 Å². The van der Waals surface area contributed by atoms with Gasteiger partial charge in [0, 0.05) is 24.9 Å². The van der Waals surface area contributed by atoms with Gasteiger partial charge in [-0.05, 0) is 37.1 Å². The largest absolute Gasteiger partial charge is 0.407 e. The number of aromatic nitrogens is 2. The molecule has 1 aromatic heterocycles. The first-order valence-electron chi connectivity index (χ1n) is 9.98. The molecule has 1 N–H and O–H groups in total. The summed E-state index contributed by atoms with van der Waals surface area (Å²) in [5, 5.41) is 9.52. The summed E-state index contributed by atoms with van der Waals surface area (Å²) in [6.07, 6.45) is 4.35. The summed E-state index contributed by atoms with van der Waals surface area (Å²) in [6, 6.07) is 5.32. The maximum atomic E-state index is 13.0. The molecule has 0 bridgehead atoms. The smallest absolute Gasteiger partial charge is 0.322 e. The molecule has 2 rings (SSSR count). The van der Waals surface area contributed by atoms with E-state index < -0.39 is 31.5 Å². The van der Waals surface area contributed by atoms with Crippen molar-refractivity contribution in [3.8, 4) is 0 Å². The van der Waals surface area contributed by atoms with Gasteiger partial charge in [-0.1, -0.05) is 31.8 Å². The highest BCUT2D eigenvalue weighted by atomic mass is 32.2. The Balaban J connectivity index is 2.11. The summed E-state index contributed by atoms with van der Waals surface area (Å²) in [7, 11) is -7.01. The predicted octanol–water partition coefficient (Wildman–Crippen LogP) is 2.46. The van der Waals surface area contributed by atoms with E-state index in [2.05, 4.69) is 15.5 Å². The first-order chi connectivity index (χ1) is 14.6. The van der Waals surface area contributed by atoms with Crippen molar-refractivity contribution in [3.05, 3.63) is 35.7 Å². The molecule has 0 aliphatic rings. The van der Waals surface area contributed by atoms with E-state index in [0.717, 1.165) is 31.9 Å². The maximum absolute atomic E-state index is 13.0. The van der Waals surface area contributed by atoms with E-state index in [9.17, 15) is 21.6 Å². The van der Waals surface area contributed by atoms with E-state index in [0.29, 0.717) is 13.1 Å². The number of nitrogens with one attached hydrogen (secondary N) is 1. The Morgan fingerprint density at radius 3 is 2.10 bits per heavy atom. The third-order valence-electron chi connectivity index (χ3n) is 4.35. The fraction of sp³-hybridized carbons (Fsp3) is 0.526. The number of hydrogen-bond donors (Lipinski definition) is 1. The number of carbonyl (C=O) groups excluding carboxylic acids is 1. The normalized spacial score (nSPS) is 12.3. The highest BCUT2D eigenvalue weighted by Crippen LogP contribution is 2.19. The molecule has 0 saturated heterocycles. The predicted molar refractivity (Wildman–Crippen MR) is 116 cm³/mol. The highest BCUT2D eigenvalue weighted by molar-refractivity contribution is 7.89. The number of amides is 1. The Hall–Kier alpha value is -2.31. The SMILES string of the molecule is CCCCN(CCCC)S(=O)(=O)c1ccc(C(=O)Nc2nnc(CS(C)(=O)=O)o2)cc1. The molecule has 1 amide bonds. The van der Waals surface area contributed by atoms with Gasteiger partial charge < -0.3 is 4.42 Å². The van der Waals surface area contributed by atoms with Crippen molar-refractivity contribution in [1.29, 1.82) is 0 Å². The number of carbonyl (C=O) groups is 1. The van der Waals surface area contributed by atoms with Gasteiger partial charge in [0.15, 0.2) is 9.84 Å². The monoisotopic (exact) mass is 472 g/mol. The Labute approximate surface area is 183 Å². The van der Waals surface area contributed by atoms with Crippen LogP contribution in [0.2, 0.25) is 0 Å². The zero-order valence-electron chi connectivity index (χ0n) is 17.9. The van der Waals surface area contributed by atoms with Crippen molar-refractivity contribution in [2.45, 2.75) is 50.2 Å². The Morgan fingerprint density at radius 2 is 1.58 bits per heavy atom. The van der Waals surface area contributed by atoms with Gasteiger partial charge in [0.1, 0.15) is 5.75 Å². The number of sulfone groups is 1. The third-order valence-corrected chi connectivity index (χ3v) is 7.03. The van der Waals surface area contributed by atoms with Gasteiger partial charge in [-0.25, -0.2) is 16.8 Å². The minimum Gasteiger partial charge on any atom is -0.407 e. The number of sulfonamides is 1. The van der Waals surface area contributed by atoms with Crippen LogP contribution in [0.15, 0.2) is 33.6 Å². The van der Waals surface area contributed by atoms with Crippen molar-refractivity contribution >= 4 is 31.8 Å². The molecule has 0 unspecified atom stereocenters. The third kappa shape index (κ3) is 7.40. The van der Waals surface area contributed by atoms with Crippen LogP contribution < -0.4 is 5.32 Å². The number of nitrogens with zero attached hydrogens (tertiary/aromatic N) is 3. The molecule has 31 heavy (non-hydrogen) atoms. The van der Waals surface area contributed by atoms with E-state index in [4.69, 9.17) is 4.42 Å². The van der Waals surface area contributed by atoms with E-state index >= 15 is 0 Å². The average molecular weight is 473 g/mol. The molecule has 1 heterocycles. The van der Waals surface area contributed by atoms with Gasteiger partial charge >= 0.3 is 6.01 Å². The fourth-order valence-electron chi connectivity index (χ4n) is 2.70. The standard InChI is InChI=1S/C19H28N4O6S2/c1-4-6-12-23(13-7-5-2)31(27,28)16-10-8-15(9-11-16)18(24)20-19-22-21-17(29-19)14-30(3,25)26/h8-11H,4-7,12-14H2,1-3H3,(H,20,22,24). The van der Waals surface area contributed by atoms with Crippen molar-refractivity contribution in [1.82, 2.24) is 14.5 Å². The zero-order valence-corrected chi connectivity index (χ0v) is 19.5. The second-order valence-electron chi connectivity index (χ2n) is 7.16. The van der Waals surface area contributed by atoms with Crippen LogP contribution in [-0.2, 0) is 25.6 Å². The van der Waals surface area contributed by atoms with Crippen LogP contribution in [0, 0.1) is 0 Å². The number of unbranched alkanes of at least 4 members (excludes halogenated alkanes) is 2. The molecule has 0 fully saturated rings. The lowest BCUT2D eigenvalue weighted by Crippen LogP contribution is -2.33. The minimum absolute atomic E-state index is 0.115. The number of anilines is 1. The molecule has 0 atom stereocenters. The highest BCUT2D eigenvalue weighted by Gasteiger charge is 2.24. The summed E-state index contributed by atoms with van der Waals surface area (Å²) in [4.78, 5) is 12.5. The molecule has 1 aromatic carbocycles. The van der Waals surface area contributed by atoms with Crippen molar-refractivity contribution in [2.24, 2.45) is 0 Å². The molecule has 0 saturated carbocycles. The van der Waals surface area contributed by atoms with Crippen LogP contribution in [0.25, 0.3) is 0 Å². The molecule has 0 aliphatic heterocycles. The van der Waals surface area contributed by atoms with Crippen LogP contribution in [0.1, 0.15) is 55.8 Å². The summed E-state index contributed by atoms with van der Waals surface area (Å²) < 4.78 is 55.1. The first kappa shape index (κ1) is 25.0. The Morgan fingerprint density at radius 1 is 1.00 bits per heavy atom. The second kappa shape index (κ2) is 10.8. The lowest BCUT2D eigenvalue weighted by Gasteiger charge is -2.22. The summed E-state index contributed by atoms with van der Waals surface area (Å²) in [6.45, 7) is 4.92. The van der Waals surface area contributed by atoms with Gasteiger partial charge in [-0.2, -0.15) is 4.31 Å². The molecular weight excluding hydrogens is 444 g/mol. The van der Waals surface area contributed by atoms with Crippen LogP contribution in [-0.4, -0.2) is 56.6 Å². The van der Waals surface area contributed by atoms with E-state index in [1.54, 1.807) is 0 Å². The van der Waals surface area contributed by atoms with Crippen molar-refractivity contribution < 1.29 is 26.0 Å². The topological polar surface area (TPSA) is 140 Å².